The number of terminal acetylenes is 1. The third-order valence-electron chi connectivity index (χ3n) is 3.79. The van der Waals surface area contributed by atoms with E-state index >= 15 is 0 Å². The minimum absolute atomic E-state index is 0.176. The molecule has 1 rings (SSSR count). The van der Waals surface area contributed by atoms with Crippen LogP contribution in [0.2, 0.25) is 0 Å². The van der Waals surface area contributed by atoms with E-state index in [1.807, 2.05) is 0 Å². The summed E-state index contributed by atoms with van der Waals surface area (Å²) in [7, 11) is 1.44. The maximum atomic E-state index is 12.0. The first-order valence-electron chi connectivity index (χ1n) is 6.23. The molecule has 1 N–H and O–H groups in total. The van der Waals surface area contributed by atoms with E-state index in [1.165, 1.54) is 7.11 Å². The molecule has 0 bridgehead atoms. The van der Waals surface area contributed by atoms with Crippen molar-refractivity contribution in [3.8, 4) is 12.3 Å². The molecule has 1 saturated carbocycles. The first-order chi connectivity index (χ1) is 7.96. The van der Waals surface area contributed by atoms with Crippen LogP contribution in [0.25, 0.3) is 0 Å². The quantitative estimate of drug-likeness (QED) is 0.464. The molecular formula is C14H23NO2. The summed E-state index contributed by atoms with van der Waals surface area (Å²) >= 11 is 0. The predicted molar refractivity (Wildman–Crippen MR) is 68.4 cm³/mol. The number of hydrogen-bond acceptors (Lipinski definition) is 3. The fraction of sp³-hybridized carbons (Fsp3) is 0.786. The summed E-state index contributed by atoms with van der Waals surface area (Å²) in [5.74, 6) is 2.37. The van der Waals surface area contributed by atoms with Crippen LogP contribution in [0, 0.1) is 17.8 Å². The number of nitrogens with one attached hydrogen (secondary N) is 1. The van der Waals surface area contributed by atoms with E-state index in [9.17, 15) is 4.79 Å². The van der Waals surface area contributed by atoms with Crippen molar-refractivity contribution >= 4 is 5.97 Å². The van der Waals surface area contributed by atoms with Gasteiger partial charge in [-0.15, -0.1) is 6.42 Å². The Morgan fingerprint density at radius 1 is 1.35 bits per heavy atom. The molecule has 0 aromatic heterocycles. The average Bonchev–Trinajstić information content (AvgIpc) is 2.45. The zero-order valence-corrected chi connectivity index (χ0v) is 11.1. The highest BCUT2D eigenvalue weighted by Gasteiger charge is 2.41. The second-order valence-corrected chi connectivity index (χ2v) is 5.65. The van der Waals surface area contributed by atoms with Crippen molar-refractivity contribution < 1.29 is 9.53 Å². The van der Waals surface area contributed by atoms with Crippen LogP contribution in [0.15, 0.2) is 0 Å². The van der Waals surface area contributed by atoms with Gasteiger partial charge in [0, 0.05) is 0 Å². The van der Waals surface area contributed by atoms with Gasteiger partial charge in [-0.1, -0.05) is 26.2 Å². The van der Waals surface area contributed by atoms with Gasteiger partial charge >= 0.3 is 5.97 Å². The monoisotopic (exact) mass is 237 g/mol. The van der Waals surface area contributed by atoms with E-state index in [4.69, 9.17) is 11.2 Å². The third-order valence-corrected chi connectivity index (χ3v) is 3.79. The lowest BCUT2D eigenvalue weighted by atomic mass is 9.83. The Kier molecular flexibility index (Phi) is 4.59. The number of ether oxygens (including phenoxy) is 1. The Morgan fingerprint density at radius 2 is 2.06 bits per heavy atom. The summed E-state index contributed by atoms with van der Waals surface area (Å²) < 4.78 is 4.94. The normalized spacial score (nSPS) is 27.9. The molecule has 0 aliphatic heterocycles. The van der Waals surface area contributed by atoms with Gasteiger partial charge in [-0.3, -0.25) is 10.1 Å². The summed E-state index contributed by atoms with van der Waals surface area (Å²) in [4.78, 5) is 12.0. The van der Waals surface area contributed by atoms with Gasteiger partial charge in [-0.25, -0.2) is 0 Å². The van der Waals surface area contributed by atoms with E-state index < -0.39 is 5.54 Å². The van der Waals surface area contributed by atoms with Gasteiger partial charge in [0.25, 0.3) is 0 Å². The molecule has 0 amide bonds. The lowest BCUT2D eigenvalue weighted by Crippen LogP contribution is -2.52. The fourth-order valence-corrected chi connectivity index (χ4v) is 2.54. The van der Waals surface area contributed by atoms with Crippen molar-refractivity contribution in [2.24, 2.45) is 5.41 Å². The number of methoxy groups -OCH3 is 1. The molecule has 1 fully saturated rings. The second-order valence-electron chi connectivity index (χ2n) is 5.65. The van der Waals surface area contributed by atoms with Crippen molar-refractivity contribution in [2.75, 3.05) is 13.7 Å². The average molecular weight is 237 g/mol. The molecule has 0 radical (unpaired) electrons. The van der Waals surface area contributed by atoms with Crippen molar-refractivity contribution in [1.82, 2.24) is 5.32 Å². The Labute approximate surface area is 104 Å². The maximum absolute atomic E-state index is 12.0. The fourth-order valence-electron chi connectivity index (χ4n) is 2.54. The summed E-state index contributed by atoms with van der Waals surface area (Å²) in [5, 5.41) is 3.20. The Balaban J connectivity index is 2.83. The molecule has 1 aliphatic rings. The molecule has 96 valence electrons. The summed E-state index contributed by atoms with van der Waals surface area (Å²) in [6.45, 7) is 4.92. The van der Waals surface area contributed by atoms with Gasteiger partial charge < -0.3 is 4.74 Å². The van der Waals surface area contributed by atoms with E-state index in [0.29, 0.717) is 12.0 Å². The van der Waals surface area contributed by atoms with Crippen LogP contribution in [0.3, 0.4) is 0 Å². The van der Waals surface area contributed by atoms with E-state index in [-0.39, 0.29) is 5.97 Å². The third kappa shape index (κ3) is 3.47. The lowest BCUT2D eigenvalue weighted by molar-refractivity contribution is -0.149. The minimum atomic E-state index is -0.575. The summed E-state index contributed by atoms with van der Waals surface area (Å²) in [5.41, 5.74) is -0.275. The maximum Gasteiger partial charge on any atom is 0.326 e. The minimum Gasteiger partial charge on any atom is -0.468 e. The van der Waals surface area contributed by atoms with Gasteiger partial charge in [0.1, 0.15) is 5.54 Å². The Morgan fingerprint density at radius 3 is 2.65 bits per heavy atom. The van der Waals surface area contributed by atoms with E-state index in [0.717, 1.165) is 32.1 Å². The van der Waals surface area contributed by atoms with Gasteiger partial charge in [-0.05, 0) is 31.1 Å². The van der Waals surface area contributed by atoms with Crippen LogP contribution in [-0.2, 0) is 9.53 Å². The highest BCUT2D eigenvalue weighted by Crippen LogP contribution is 2.38. The number of carbonyl (C=O) groups excluding carboxylic acids is 1. The van der Waals surface area contributed by atoms with Crippen LogP contribution in [0.5, 0.6) is 0 Å². The van der Waals surface area contributed by atoms with Gasteiger partial charge in [0.15, 0.2) is 0 Å². The Hall–Kier alpha value is -1.01. The van der Waals surface area contributed by atoms with Crippen molar-refractivity contribution in [1.29, 1.82) is 0 Å². The summed E-state index contributed by atoms with van der Waals surface area (Å²) in [6, 6.07) is 0. The predicted octanol–water partition coefficient (Wildman–Crippen LogP) is 2.11. The molecular weight excluding hydrogens is 214 g/mol. The smallest absolute Gasteiger partial charge is 0.326 e. The van der Waals surface area contributed by atoms with E-state index in [2.05, 4.69) is 25.1 Å². The van der Waals surface area contributed by atoms with Crippen molar-refractivity contribution in [2.45, 2.75) is 51.5 Å². The molecule has 3 nitrogen and oxygen atoms in total. The molecule has 3 heteroatoms. The van der Waals surface area contributed by atoms with Crippen molar-refractivity contribution in [3.05, 3.63) is 0 Å². The van der Waals surface area contributed by atoms with Crippen LogP contribution in [0.1, 0.15) is 46.0 Å². The largest absolute Gasteiger partial charge is 0.468 e. The number of carbonyl (C=O) groups is 1. The molecule has 1 unspecified atom stereocenters. The van der Waals surface area contributed by atoms with Crippen LogP contribution in [0.4, 0.5) is 0 Å². The SMILES string of the molecule is C#CCNC1(C(=O)OC)CCCC(C)(C)CC1. The summed E-state index contributed by atoms with van der Waals surface area (Å²) in [6.07, 6.45) is 10.1. The molecule has 0 aromatic rings. The number of rotatable bonds is 3. The first kappa shape index (κ1) is 14.1. The van der Waals surface area contributed by atoms with Crippen LogP contribution < -0.4 is 5.32 Å². The zero-order chi connectivity index (χ0) is 12.9. The zero-order valence-electron chi connectivity index (χ0n) is 11.1. The molecule has 0 spiro atoms. The first-order valence-corrected chi connectivity index (χ1v) is 6.23. The van der Waals surface area contributed by atoms with E-state index in [1.54, 1.807) is 0 Å². The van der Waals surface area contributed by atoms with Crippen LogP contribution in [-0.4, -0.2) is 25.2 Å². The highest BCUT2D eigenvalue weighted by atomic mass is 16.5. The second kappa shape index (κ2) is 5.55. The standard InChI is InChI=1S/C14H23NO2/c1-5-11-15-14(12(16)17-4)8-6-7-13(2,3)9-10-14/h1,15H,6-11H2,2-4H3. The van der Waals surface area contributed by atoms with Gasteiger partial charge in [0.05, 0.1) is 13.7 Å². The van der Waals surface area contributed by atoms with Gasteiger partial charge in [-0.2, -0.15) is 0 Å². The number of hydrogen-bond donors (Lipinski definition) is 1. The topological polar surface area (TPSA) is 38.3 Å². The molecule has 0 saturated heterocycles. The van der Waals surface area contributed by atoms with Crippen LogP contribution >= 0.6 is 0 Å². The molecule has 1 atom stereocenters. The molecule has 0 heterocycles. The lowest BCUT2D eigenvalue weighted by Gasteiger charge is -2.31. The highest BCUT2D eigenvalue weighted by molar-refractivity contribution is 5.80. The Bertz CT molecular complexity index is 317. The van der Waals surface area contributed by atoms with Crippen molar-refractivity contribution in [3.63, 3.8) is 0 Å². The molecule has 0 aromatic carbocycles. The number of esters is 1. The molecule has 17 heavy (non-hydrogen) atoms. The van der Waals surface area contributed by atoms with Gasteiger partial charge in [0.2, 0.25) is 0 Å². The molecule has 1 aliphatic carbocycles.